The normalized spacial score (nSPS) is 10.2. The molecule has 0 spiro atoms. The summed E-state index contributed by atoms with van der Waals surface area (Å²) in [4.78, 5) is 13.6. The van der Waals surface area contributed by atoms with Crippen LogP contribution >= 0.6 is 0 Å². The van der Waals surface area contributed by atoms with Crippen molar-refractivity contribution in [2.75, 3.05) is 0 Å². The summed E-state index contributed by atoms with van der Waals surface area (Å²) in [5.41, 5.74) is 7.07. The fraction of sp³-hybridized carbons (Fsp3) is 0.136. The van der Waals surface area contributed by atoms with Gasteiger partial charge in [-0.25, -0.2) is 4.98 Å². The maximum absolute atomic E-state index is 4.60. The van der Waals surface area contributed by atoms with Gasteiger partial charge in [-0.15, -0.1) is 0 Å². The average molecular weight is 449 g/mol. The zero-order chi connectivity index (χ0) is 17.6. The quantitative estimate of drug-likeness (QED) is 0.496. The molecular weight excluding hydrogens is 428 g/mol. The minimum Gasteiger partial charge on any atom is -1.00 e. The summed E-state index contributed by atoms with van der Waals surface area (Å²) in [6, 6.07) is 20.2. The monoisotopic (exact) mass is 448 g/mol. The number of benzene rings is 2. The summed E-state index contributed by atoms with van der Waals surface area (Å²) in [7, 11) is 0. The van der Waals surface area contributed by atoms with Gasteiger partial charge >= 0.3 is 18.6 Å². The molecule has 0 saturated carbocycles. The molecule has 0 unspecified atom stereocenters. The topological polar surface area (TPSA) is 37.6 Å². The van der Waals surface area contributed by atoms with Crippen LogP contribution in [0.4, 0.5) is 11.4 Å². The fourth-order valence-electron chi connectivity index (χ4n) is 2.40. The Morgan fingerprint density at radius 2 is 0.964 bits per heavy atom. The minimum atomic E-state index is 0. The Balaban J connectivity index is 0.00000243. The van der Waals surface area contributed by atoms with E-state index < -0.39 is 0 Å². The van der Waals surface area contributed by atoms with E-state index in [-0.39, 0.29) is 43.4 Å². The molecule has 3 nitrogen and oxygen atoms in total. The van der Waals surface area contributed by atoms with Crippen LogP contribution in [-0.2, 0) is 18.6 Å². The number of aromatic nitrogens is 1. The van der Waals surface area contributed by atoms with E-state index in [0.717, 1.165) is 28.3 Å². The van der Waals surface area contributed by atoms with Crippen molar-refractivity contribution in [1.82, 2.24) is 4.98 Å². The van der Waals surface area contributed by atoms with Crippen molar-refractivity contribution < 1.29 is 43.4 Å². The Hall–Kier alpha value is -1.91. The summed E-state index contributed by atoms with van der Waals surface area (Å²) < 4.78 is 0. The number of rotatable bonds is 4. The fourth-order valence-corrected chi connectivity index (χ4v) is 2.40. The molecule has 0 aliphatic heterocycles. The van der Waals surface area contributed by atoms with Gasteiger partial charge in [0.05, 0.1) is 35.2 Å². The van der Waals surface area contributed by atoms with Crippen LogP contribution in [0.25, 0.3) is 0 Å². The second-order valence-electron chi connectivity index (χ2n) is 6.18. The van der Waals surface area contributed by atoms with Gasteiger partial charge in [-0.1, -0.05) is 35.4 Å². The zero-order valence-electron chi connectivity index (χ0n) is 16.0. The summed E-state index contributed by atoms with van der Waals surface area (Å²) in [5.74, 6) is 0. The van der Waals surface area contributed by atoms with Gasteiger partial charge in [0.15, 0.2) is 0 Å². The van der Waals surface area contributed by atoms with E-state index in [1.165, 1.54) is 11.1 Å². The maximum Gasteiger partial charge on any atom is 2.00 e. The molecule has 0 fully saturated rings. The number of pyridine rings is 1. The molecule has 0 bridgehead atoms. The number of nitrogens with zero attached hydrogens (tertiary/aromatic N) is 3. The molecule has 0 amide bonds. The van der Waals surface area contributed by atoms with Crippen molar-refractivity contribution in [3.8, 4) is 0 Å². The molecule has 143 valence electrons. The van der Waals surface area contributed by atoms with E-state index in [1.54, 1.807) is 12.4 Å². The van der Waals surface area contributed by atoms with Crippen LogP contribution in [-0.4, -0.2) is 17.4 Å². The molecule has 0 saturated heterocycles. The molecule has 3 rings (SSSR count). The van der Waals surface area contributed by atoms with E-state index in [1.807, 2.05) is 43.3 Å². The van der Waals surface area contributed by atoms with Crippen LogP contribution in [0.1, 0.15) is 28.1 Å². The van der Waals surface area contributed by atoms with Gasteiger partial charge < -0.3 is 24.8 Å². The second-order valence-corrected chi connectivity index (χ2v) is 6.18. The summed E-state index contributed by atoms with van der Waals surface area (Å²) >= 11 is 0. The smallest absolute Gasteiger partial charge is 1.00 e. The minimum absolute atomic E-state index is 0. The van der Waals surface area contributed by atoms with Gasteiger partial charge in [0.25, 0.3) is 0 Å². The molecule has 1 radical (unpaired) electrons. The number of hydrogen-bond acceptors (Lipinski definition) is 3. The van der Waals surface area contributed by atoms with E-state index in [2.05, 4.69) is 53.1 Å². The molecular formula is C22H21Cl2N3V. The van der Waals surface area contributed by atoms with Gasteiger partial charge in [0, 0.05) is 0 Å². The first-order valence-corrected chi connectivity index (χ1v) is 8.29. The Labute approximate surface area is 191 Å². The molecule has 1 heterocycles. The Morgan fingerprint density at radius 1 is 0.607 bits per heavy atom. The number of aryl methyl sites for hydroxylation is 3. The Morgan fingerprint density at radius 3 is 1.32 bits per heavy atom. The molecule has 0 aliphatic carbocycles. The van der Waals surface area contributed by atoms with E-state index in [4.69, 9.17) is 0 Å². The molecule has 0 aliphatic rings. The van der Waals surface area contributed by atoms with Crippen LogP contribution in [0.15, 0.2) is 70.6 Å². The molecule has 1 aromatic heterocycles. The molecule has 0 atom stereocenters. The number of halogens is 2. The first kappa shape index (κ1) is 26.1. The van der Waals surface area contributed by atoms with Gasteiger partial charge in [-0.2, -0.15) is 0 Å². The van der Waals surface area contributed by atoms with Crippen LogP contribution < -0.4 is 24.8 Å². The number of aliphatic imine (C=N–C) groups is 2. The standard InChI is InChI=1S/C22H21N3.2ClH.V/c1-16-4-8-19(9-5-16)23-14-21-12-18(3)13-22(25-21)15-24-20-10-6-17(2)7-11-20;;;/h4-15H,1-3H3;2*1H;/q;;;+2/p-2. The number of hydrogen-bond donors (Lipinski definition) is 0. The third kappa shape index (κ3) is 7.99. The first-order valence-electron chi connectivity index (χ1n) is 8.29. The second kappa shape index (κ2) is 12.5. The first-order chi connectivity index (χ1) is 12.1. The van der Waals surface area contributed by atoms with E-state index in [9.17, 15) is 0 Å². The SMILES string of the molecule is Cc1ccc(N=Cc2cc(C)cc(C=Nc3ccc(C)cc3)n2)cc1.[Cl-].[Cl-].[V+2]. The summed E-state index contributed by atoms with van der Waals surface area (Å²) in [5, 5.41) is 0. The average Bonchev–Trinajstić information content (AvgIpc) is 2.60. The van der Waals surface area contributed by atoms with Crippen molar-refractivity contribution >= 4 is 23.8 Å². The molecule has 6 heteroatoms. The Kier molecular flexibility index (Phi) is 11.7. The van der Waals surface area contributed by atoms with Crippen molar-refractivity contribution in [2.24, 2.45) is 9.98 Å². The third-order valence-corrected chi connectivity index (χ3v) is 3.77. The van der Waals surface area contributed by atoms with Crippen molar-refractivity contribution in [3.63, 3.8) is 0 Å². The van der Waals surface area contributed by atoms with Gasteiger partial charge in [0.1, 0.15) is 0 Å². The Bertz CT molecular complexity index is 848. The third-order valence-electron chi connectivity index (χ3n) is 3.77. The zero-order valence-corrected chi connectivity index (χ0v) is 18.9. The van der Waals surface area contributed by atoms with Crippen molar-refractivity contribution in [2.45, 2.75) is 20.8 Å². The van der Waals surface area contributed by atoms with Gasteiger partial charge in [-0.3, -0.25) is 9.98 Å². The van der Waals surface area contributed by atoms with Crippen molar-refractivity contribution in [1.29, 1.82) is 0 Å². The largest absolute Gasteiger partial charge is 2.00 e. The molecule has 3 aromatic rings. The van der Waals surface area contributed by atoms with E-state index in [0.29, 0.717) is 0 Å². The van der Waals surface area contributed by atoms with Gasteiger partial charge in [0.2, 0.25) is 0 Å². The van der Waals surface area contributed by atoms with Crippen LogP contribution in [0.5, 0.6) is 0 Å². The predicted octanol–water partition coefficient (Wildman–Crippen LogP) is -0.486. The summed E-state index contributed by atoms with van der Waals surface area (Å²) in [6.07, 6.45) is 3.59. The summed E-state index contributed by atoms with van der Waals surface area (Å²) in [6.45, 7) is 6.18. The van der Waals surface area contributed by atoms with Crippen LogP contribution in [0, 0.1) is 20.8 Å². The van der Waals surface area contributed by atoms with Crippen molar-refractivity contribution in [3.05, 3.63) is 88.7 Å². The van der Waals surface area contributed by atoms with Crippen LogP contribution in [0.2, 0.25) is 0 Å². The maximum atomic E-state index is 4.60. The molecule has 28 heavy (non-hydrogen) atoms. The molecule has 2 aromatic carbocycles. The predicted molar refractivity (Wildman–Crippen MR) is 106 cm³/mol. The molecule has 0 N–H and O–H groups in total. The van der Waals surface area contributed by atoms with Gasteiger partial charge in [-0.05, 0) is 62.7 Å². The van der Waals surface area contributed by atoms with Crippen LogP contribution in [0.3, 0.4) is 0 Å². The van der Waals surface area contributed by atoms with E-state index >= 15 is 0 Å².